The highest BCUT2D eigenvalue weighted by Gasteiger charge is 2.05. The van der Waals surface area contributed by atoms with Crippen molar-refractivity contribution in [3.8, 4) is 0 Å². The normalized spacial score (nSPS) is 10.5. The molecule has 2 rings (SSSR count). The molecule has 1 heterocycles. The molecule has 0 amide bonds. The summed E-state index contributed by atoms with van der Waals surface area (Å²) >= 11 is 0. The predicted octanol–water partition coefficient (Wildman–Crippen LogP) is 1.97. The minimum atomic E-state index is -0.223. The van der Waals surface area contributed by atoms with E-state index in [2.05, 4.69) is 15.3 Å². The fraction of sp³-hybridized carbons (Fsp3) is 0.286. The van der Waals surface area contributed by atoms with Gasteiger partial charge in [-0.05, 0) is 24.7 Å². The van der Waals surface area contributed by atoms with Crippen molar-refractivity contribution in [3.05, 3.63) is 53.6 Å². The van der Waals surface area contributed by atoms with Gasteiger partial charge in [-0.15, -0.1) is 0 Å². The zero-order valence-corrected chi connectivity index (χ0v) is 11.1. The molecule has 0 aliphatic rings. The third-order valence-electron chi connectivity index (χ3n) is 2.75. The molecular formula is C14H17FN4. The van der Waals surface area contributed by atoms with Crippen LogP contribution in [0.3, 0.4) is 0 Å². The maximum atomic E-state index is 12.8. The van der Waals surface area contributed by atoms with E-state index in [1.807, 2.05) is 19.0 Å². The molecule has 5 heteroatoms. The molecular weight excluding hydrogens is 243 g/mol. The van der Waals surface area contributed by atoms with Crippen molar-refractivity contribution in [1.82, 2.24) is 15.3 Å². The Morgan fingerprint density at radius 3 is 2.32 bits per heavy atom. The van der Waals surface area contributed by atoms with Crippen molar-refractivity contribution < 1.29 is 4.39 Å². The molecule has 0 bridgehead atoms. The van der Waals surface area contributed by atoms with Gasteiger partial charge in [-0.1, -0.05) is 12.1 Å². The Labute approximate surface area is 112 Å². The second-order valence-corrected chi connectivity index (χ2v) is 4.40. The Hall–Kier alpha value is -2.01. The lowest BCUT2D eigenvalue weighted by Gasteiger charge is -2.17. The minimum absolute atomic E-state index is 0.223. The molecule has 0 atom stereocenters. The molecule has 100 valence electrons. The van der Waals surface area contributed by atoms with Gasteiger partial charge in [-0.2, -0.15) is 0 Å². The molecule has 1 N–H and O–H groups in total. The third-order valence-corrected chi connectivity index (χ3v) is 2.75. The first-order valence-corrected chi connectivity index (χ1v) is 6.10. The number of anilines is 1. The summed E-state index contributed by atoms with van der Waals surface area (Å²) in [6, 6.07) is 6.45. The Kier molecular flexibility index (Phi) is 4.41. The monoisotopic (exact) mass is 260 g/mol. The lowest BCUT2D eigenvalue weighted by molar-refractivity contribution is 0.627. The van der Waals surface area contributed by atoms with Gasteiger partial charge < -0.3 is 10.2 Å². The average molecular weight is 260 g/mol. The molecule has 19 heavy (non-hydrogen) atoms. The molecule has 0 unspecified atom stereocenters. The Morgan fingerprint density at radius 2 is 1.74 bits per heavy atom. The summed E-state index contributed by atoms with van der Waals surface area (Å²) < 4.78 is 12.8. The summed E-state index contributed by atoms with van der Waals surface area (Å²) in [5, 5.41) is 3.05. The van der Waals surface area contributed by atoms with Crippen LogP contribution in [0.4, 0.5) is 10.3 Å². The Balaban J connectivity index is 2.02. The molecule has 0 radical (unpaired) electrons. The topological polar surface area (TPSA) is 41.1 Å². The summed E-state index contributed by atoms with van der Waals surface area (Å²) in [6.45, 7) is 1.40. The van der Waals surface area contributed by atoms with Gasteiger partial charge in [0.05, 0.1) is 0 Å². The van der Waals surface area contributed by atoms with Crippen LogP contribution in [0.2, 0.25) is 0 Å². The highest BCUT2D eigenvalue weighted by molar-refractivity contribution is 5.31. The molecule has 0 fully saturated rings. The van der Waals surface area contributed by atoms with E-state index in [9.17, 15) is 4.39 Å². The molecule has 1 aromatic heterocycles. The van der Waals surface area contributed by atoms with Crippen LogP contribution in [0.5, 0.6) is 0 Å². The number of rotatable bonds is 5. The Morgan fingerprint density at radius 1 is 1.11 bits per heavy atom. The van der Waals surface area contributed by atoms with Gasteiger partial charge >= 0.3 is 0 Å². The number of aromatic nitrogens is 2. The van der Waals surface area contributed by atoms with Crippen LogP contribution in [0, 0.1) is 5.82 Å². The van der Waals surface area contributed by atoms with Gasteiger partial charge in [-0.3, -0.25) is 0 Å². The molecule has 4 nitrogen and oxygen atoms in total. The van der Waals surface area contributed by atoms with E-state index in [0.717, 1.165) is 17.7 Å². The van der Waals surface area contributed by atoms with Gasteiger partial charge in [0.2, 0.25) is 5.95 Å². The first kappa shape index (κ1) is 13.4. The molecule has 0 aliphatic carbocycles. The number of nitrogens with zero attached hydrogens (tertiary/aromatic N) is 3. The smallest absolute Gasteiger partial charge is 0.225 e. The van der Waals surface area contributed by atoms with Crippen LogP contribution in [0.15, 0.2) is 36.7 Å². The molecule has 0 saturated heterocycles. The first-order valence-electron chi connectivity index (χ1n) is 6.10. The van der Waals surface area contributed by atoms with Gasteiger partial charge in [0.25, 0.3) is 0 Å². The number of hydrogen-bond acceptors (Lipinski definition) is 4. The van der Waals surface area contributed by atoms with Gasteiger partial charge in [-0.25, -0.2) is 14.4 Å². The number of hydrogen-bond donors (Lipinski definition) is 1. The van der Waals surface area contributed by atoms with E-state index >= 15 is 0 Å². The van der Waals surface area contributed by atoms with E-state index < -0.39 is 0 Å². The molecule has 0 saturated carbocycles. The zero-order chi connectivity index (χ0) is 13.7. The summed E-state index contributed by atoms with van der Waals surface area (Å²) in [6.07, 6.45) is 3.61. The second-order valence-electron chi connectivity index (χ2n) is 4.40. The summed E-state index contributed by atoms with van der Waals surface area (Å²) in [7, 11) is 3.80. The molecule has 0 aliphatic heterocycles. The quantitative estimate of drug-likeness (QED) is 0.892. The van der Waals surface area contributed by atoms with Crippen molar-refractivity contribution in [1.29, 1.82) is 0 Å². The molecule has 2 aromatic rings. The highest BCUT2D eigenvalue weighted by atomic mass is 19.1. The standard InChI is InChI=1S/C14H17FN4/c1-16-7-12-8-17-14(18-9-12)19(2)10-11-3-5-13(15)6-4-11/h3-6,8-9,16H,7,10H2,1-2H3. The summed E-state index contributed by atoms with van der Waals surface area (Å²) in [5.41, 5.74) is 2.06. The van der Waals surface area contributed by atoms with Crippen molar-refractivity contribution >= 4 is 5.95 Å². The van der Waals surface area contributed by atoms with Crippen LogP contribution in [0.25, 0.3) is 0 Å². The van der Waals surface area contributed by atoms with Crippen LogP contribution in [-0.2, 0) is 13.1 Å². The van der Waals surface area contributed by atoms with Crippen molar-refractivity contribution in [2.24, 2.45) is 0 Å². The fourth-order valence-corrected chi connectivity index (χ4v) is 1.77. The molecule has 1 aromatic carbocycles. The maximum Gasteiger partial charge on any atom is 0.225 e. The first-order chi connectivity index (χ1) is 9.19. The average Bonchev–Trinajstić information content (AvgIpc) is 2.42. The minimum Gasteiger partial charge on any atom is -0.340 e. The number of benzene rings is 1. The van der Waals surface area contributed by atoms with E-state index in [1.54, 1.807) is 24.5 Å². The van der Waals surface area contributed by atoms with E-state index in [-0.39, 0.29) is 5.82 Å². The lowest BCUT2D eigenvalue weighted by Crippen LogP contribution is -2.19. The lowest BCUT2D eigenvalue weighted by atomic mass is 10.2. The van der Waals surface area contributed by atoms with Gasteiger partial charge in [0.1, 0.15) is 5.82 Å². The SMILES string of the molecule is CNCc1cnc(N(C)Cc2ccc(F)cc2)nc1. The van der Waals surface area contributed by atoms with Crippen molar-refractivity contribution in [2.45, 2.75) is 13.1 Å². The number of nitrogens with one attached hydrogen (secondary N) is 1. The maximum absolute atomic E-state index is 12.8. The van der Waals surface area contributed by atoms with Crippen molar-refractivity contribution in [3.63, 3.8) is 0 Å². The fourth-order valence-electron chi connectivity index (χ4n) is 1.77. The van der Waals surface area contributed by atoms with E-state index in [4.69, 9.17) is 0 Å². The summed E-state index contributed by atoms with van der Waals surface area (Å²) in [4.78, 5) is 10.6. The van der Waals surface area contributed by atoms with E-state index in [0.29, 0.717) is 12.5 Å². The zero-order valence-electron chi connectivity index (χ0n) is 11.1. The summed E-state index contributed by atoms with van der Waals surface area (Å²) in [5.74, 6) is 0.434. The van der Waals surface area contributed by atoms with Crippen LogP contribution in [-0.4, -0.2) is 24.1 Å². The van der Waals surface area contributed by atoms with Gasteiger partial charge in [0.15, 0.2) is 0 Å². The Bertz CT molecular complexity index is 510. The van der Waals surface area contributed by atoms with E-state index in [1.165, 1.54) is 12.1 Å². The number of halogens is 1. The largest absolute Gasteiger partial charge is 0.340 e. The highest BCUT2D eigenvalue weighted by Crippen LogP contribution is 2.10. The van der Waals surface area contributed by atoms with Crippen LogP contribution in [0.1, 0.15) is 11.1 Å². The predicted molar refractivity (Wildman–Crippen MR) is 73.3 cm³/mol. The van der Waals surface area contributed by atoms with Crippen LogP contribution >= 0.6 is 0 Å². The second kappa shape index (κ2) is 6.24. The third kappa shape index (κ3) is 3.72. The van der Waals surface area contributed by atoms with Crippen LogP contribution < -0.4 is 10.2 Å². The van der Waals surface area contributed by atoms with Crippen molar-refractivity contribution in [2.75, 3.05) is 19.0 Å². The van der Waals surface area contributed by atoms with Gasteiger partial charge in [0, 0.05) is 38.1 Å². The molecule has 0 spiro atoms.